The van der Waals surface area contributed by atoms with Gasteiger partial charge in [-0.05, 0) is 47.9 Å². The number of aliphatic hydroxyl groups is 1. The smallest absolute Gasteiger partial charge is 0.274 e. The number of ether oxygens (including phenoxy) is 2. The highest BCUT2D eigenvalue weighted by Crippen LogP contribution is 2.34. The molecule has 1 aromatic heterocycles. The number of sulfonamides is 1. The van der Waals surface area contributed by atoms with Crippen LogP contribution in [0.3, 0.4) is 0 Å². The molecule has 1 saturated heterocycles. The average Bonchev–Trinajstić information content (AvgIpc) is 3.36. The number of primary sulfonamides is 1. The number of aromatic nitrogens is 1. The highest BCUT2D eigenvalue weighted by atomic mass is 32.2. The predicted molar refractivity (Wildman–Crippen MR) is 142 cm³/mol. The molecular weight excluding hydrogens is 504 g/mol. The summed E-state index contributed by atoms with van der Waals surface area (Å²) < 4.78 is 40.4. The maximum Gasteiger partial charge on any atom is 0.274 e. The van der Waals surface area contributed by atoms with Crippen molar-refractivity contribution in [2.45, 2.75) is 23.3 Å². The number of hydrogen-bond donors (Lipinski definition) is 2. The van der Waals surface area contributed by atoms with Gasteiger partial charge >= 0.3 is 0 Å². The summed E-state index contributed by atoms with van der Waals surface area (Å²) in [4.78, 5) is 4.58. The number of nitrogens with two attached hydrogens (primary N) is 1. The van der Waals surface area contributed by atoms with Crippen LogP contribution in [0.25, 0.3) is 22.6 Å². The van der Waals surface area contributed by atoms with Crippen LogP contribution in [0.1, 0.15) is 24.3 Å². The third-order valence-electron chi connectivity index (χ3n) is 6.32. The van der Waals surface area contributed by atoms with Crippen LogP contribution in [0.5, 0.6) is 5.75 Å². The lowest BCUT2D eigenvalue weighted by Crippen LogP contribution is -2.33. The van der Waals surface area contributed by atoms with E-state index in [0.29, 0.717) is 48.8 Å². The van der Waals surface area contributed by atoms with Crippen molar-refractivity contribution >= 4 is 10.0 Å². The SMILES string of the molecule is NS(=O)(=O)c1ccc(-c2oc(C#CCOc3cccc(C4(O)CCOCC4)c3)nc2-c2ccccc2)cc1. The van der Waals surface area contributed by atoms with Gasteiger partial charge < -0.3 is 19.0 Å². The highest BCUT2D eigenvalue weighted by Gasteiger charge is 2.31. The number of benzene rings is 3. The Labute approximate surface area is 221 Å². The second-order valence-electron chi connectivity index (χ2n) is 8.89. The van der Waals surface area contributed by atoms with Gasteiger partial charge in [-0.3, -0.25) is 0 Å². The number of nitrogens with zero attached hydrogens (tertiary/aromatic N) is 1. The van der Waals surface area contributed by atoms with Gasteiger partial charge in [0.1, 0.15) is 18.1 Å². The molecule has 5 rings (SSSR count). The van der Waals surface area contributed by atoms with Crippen molar-refractivity contribution in [1.29, 1.82) is 0 Å². The minimum atomic E-state index is -3.81. The molecule has 8 nitrogen and oxygen atoms in total. The third kappa shape index (κ3) is 5.79. The predicted octanol–water partition coefficient (Wildman–Crippen LogP) is 4.08. The molecule has 4 aromatic rings. The zero-order chi connectivity index (χ0) is 26.6. The van der Waals surface area contributed by atoms with Crippen molar-refractivity contribution in [2.24, 2.45) is 5.14 Å². The van der Waals surface area contributed by atoms with Gasteiger partial charge in [-0.1, -0.05) is 48.4 Å². The summed E-state index contributed by atoms with van der Waals surface area (Å²) in [5.74, 6) is 7.08. The number of hydrogen-bond acceptors (Lipinski definition) is 7. The Morgan fingerprint density at radius 3 is 2.42 bits per heavy atom. The average molecular weight is 531 g/mol. The molecule has 0 aliphatic carbocycles. The van der Waals surface area contributed by atoms with E-state index < -0.39 is 15.6 Å². The third-order valence-corrected chi connectivity index (χ3v) is 7.25. The molecular formula is C29H26N2O6S. The van der Waals surface area contributed by atoms with Gasteiger partial charge in [0.2, 0.25) is 10.0 Å². The summed E-state index contributed by atoms with van der Waals surface area (Å²) in [5, 5.41) is 16.2. The van der Waals surface area contributed by atoms with Crippen LogP contribution >= 0.6 is 0 Å². The fraction of sp³-hybridized carbons (Fsp3) is 0.207. The molecule has 0 atom stereocenters. The summed E-state index contributed by atoms with van der Waals surface area (Å²) in [6.07, 6.45) is 1.08. The summed E-state index contributed by atoms with van der Waals surface area (Å²) in [6.45, 7) is 1.13. The molecule has 38 heavy (non-hydrogen) atoms. The monoisotopic (exact) mass is 530 g/mol. The van der Waals surface area contributed by atoms with Crippen molar-refractivity contribution in [3.05, 3.63) is 90.3 Å². The minimum absolute atomic E-state index is 0.00667. The summed E-state index contributed by atoms with van der Waals surface area (Å²) >= 11 is 0. The van der Waals surface area contributed by atoms with Crippen LogP contribution in [-0.2, 0) is 20.4 Å². The van der Waals surface area contributed by atoms with Crippen LogP contribution in [0, 0.1) is 11.8 Å². The standard InChI is InChI=1S/C29H26N2O6S/c30-38(33,34)25-13-11-22(12-14-25)28-27(21-6-2-1-3-7-21)31-26(37-28)10-5-17-36-24-9-4-8-23(20-24)29(32)15-18-35-19-16-29/h1-4,6-9,11-14,20,32H,15-19H2,(H2,30,33,34). The lowest BCUT2D eigenvalue weighted by atomic mass is 9.86. The highest BCUT2D eigenvalue weighted by molar-refractivity contribution is 7.89. The molecule has 9 heteroatoms. The summed E-state index contributed by atoms with van der Waals surface area (Å²) in [6, 6.07) is 22.9. The number of oxazole rings is 1. The molecule has 0 bridgehead atoms. The number of rotatable bonds is 6. The Kier molecular flexibility index (Phi) is 7.31. The normalized spacial score (nSPS) is 14.9. The van der Waals surface area contributed by atoms with Crippen molar-refractivity contribution in [3.8, 4) is 40.2 Å². The van der Waals surface area contributed by atoms with Crippen molar-refractivity contribution < 1.29 is 27.4 Å². The first-order valence-corrected chi connectivity index (χ1v) is 13.6. The molecule has 1 fully saturated rings. The quantitative estimate of drug-likeness (QED) is 0.360. The molecule has 1 aliphatic rings. The van der Waals surface area contributed by atoms with E-state index in [0.717, 1.165) is 11.1 Å². The summed E-state index contributed by atoms with van der Waals surface area (Å²) in [5.41, 5.74) is 1.92. The second kappa shape index (κ2) is 10.8. The van der Waals surface area contributed by atoms with Gasteiger partial charge in [0.05, 0.1) is 10.5 Å². The fourth-order valence-corrected chi connectivity index (χ4v) is 4.78. The van der Waals surface area contributed by atoms with E-state index in [-0.39, 0.29) is 17.4 Å². The first-order chi connectivity index (χ1) is 18.3. The topological polar surface area (TPSA) is 125 Å². The Hall–Kier alpha value is -3.94. The first-order valence-electron chi connectivity index (χ1n) is 12.0. The molecule has 0 saturated carbocycles. The van der Waals surface area contributed by atoms with Crippen molar-refractivity contribution in [1.82, 2.24) is 4.98 Å². The van der Waals surface area contributed by atoms with Gasteiger partial charge in [0, 0.05) is 37.2 Å². The Morgan fingerprint density at radius 2 is 1.71 bits per heavy atom. The van der Waals surface area contributed by atoms with E-state index in [1.165, 1.54) is 12.1 Å². The van der Waals surface area contributed by atoms with Gasteiger partial charge in [0.15, 0.2) is 5.76 Å². The van der Waals surface area contributed by atoms with Gasteiger partial charge in [-0.2, -0.15) is 0 Å². The van der Waals surface area contributed by atoms with Crippen LogP contribution in [-0.4, -0.2) is 38.3 Å². The van der Waals surface area contributed by atoms with Crippen molar-refractivity contribution in [3.63, 3.8) is 0 Å². The first kappa shape index (κ1) is 25.7. The minimum Gasteiger partial charge on any atom is -0.481 e. The van der Waals surface area contributed by atoms with E-state index in [1.54, 1.807) is 12.1 Å². The van der Waals surface area contributed by atoms with E-state index in [2.05, 4.69) is 16.8 Å². The second-order valence-corrected chi connectivity index (χ2v) is 10.5. The van der Waals surface area contributed by atoms with Crippen LogP contribution in [0.4, 0.5) is 0 Å². The van der Waals surface area contributed by atoms with Gasteiger partial charge in [-0.15, -0.1) is 0 Å². The van der Waals surface area contributed by atoms with Crippen LogP contribution in [0.2, 0.25) is 0 Å². The lowest BCUT2D eigenvalue weighted by Gasteiger charge is -2.32. The van der Waals surface area contributed by atoms with E-state index in [9.17, 15) is 13.5 Å². The molecule has 2 heterocycles. The Morgan fingerprint density at radius 1 is 0.974 bits per heavy atom. The van der Waals surface area contributed by atoms with Gasteiger partial charge in [0.25, 0.3) is 5.89 Å². The van der Waals surface area contributed by atoms with Crippen molar-refractivity contribution in [2.75, 3.05) is 19.8 Å². The van der Waals surface area contributed by atoms with Crippen LogP contribution < -0.4 is 9.88 Å². The lowest BCUT2D eigenvalue weighted by molar-refractivity contribution is -0.0680. The molecule has 1 aliphatic heterocycles. The largest absolute Gasteiger partial charge is 0.481 e. The van der Waals surface area contributed by atoms with E-state index in [1.807, 2.05) is 54.6 Å². The molecule has 0 unspecified atom stereocenters. The molecule has 0 radical (unpaired) electrons. The molecule has 0 spiro atoms. The molecule has 0 amide bonds. The summed E-state index contributed by atoms with van der Waals surface area (Å²) in [7, 11) is -3.81. The zero-order valence-corrected chi connectivity index (χ0v) is 21.3. The Bertz CT molecular complexity index is 1580. The molecule has 3 N–H and O–H groups in total. The van der Waals surface area contributed by atoms with E-state index >= 15 is 0 Å². The molecule has 3 aromatic carbocycles. The maximum atomic E-state index is 11.6. The van der Waals surface area contributed by atoms with E-state index in [4.69, 9.17) is 19.0 Å². The molecule has 194 valence electrons. The zero-order valence-electron chi connectivity index (χ0n) is 20.5. The maximum absolute atomic E-state index is 11.6. The fourth-order valence-electron chi connectivity index (χ4n) is 4.26. The van der Waals surface area contributed by atoms with Crippen LogP contribution in [0.15, 0.2) is 88.2 Å². The Balaban J connectivity index is 1.36. The van der Waals surface area contributed by atoms with Gasteiger partial charge in [-0.25, -0.2) is 18.5 Å².